The molecular formula is C8H8N4. The first-order valence-corrected chi connectivity index (χ1v) is 3.58. The molecule has 0 unspecified atom stereocenters. The van der Waals surface area contributed by atoms with E-state index in [4.69, 9.17) is 5.84 Å². The average Bonchev–Trinajstić information content (AvgIpc) is 2.17. The third kappa shape index (κ3) is 1.03. The molecule has 0 saturated heterocycles. The van der Waals surface area contributed by atoms with Gasteiger partial charge in [-0.3, -0.25) is 4.98 Å². The lowest BCUT2D eigenvalue weighted by molar-refractivity contribution is 1.04. The van der Waals surface area contributed by atoms with E-state index in [0.29, 0.717) is 5.49 Å². The predicted octanol–water partition coefficient (Wildman–Crippen LogP) is 0.337. The van der Waals surface area contributed by atoms with Gasteiger partial charge in [-0.25, -0.2) is 0 Å². The molecule has 12 heavy (non-hydrogen) atoms. The average molecular weight is 160 g/mol. The highest BCUT2D eigenvalue weighted by atomic mass is 15.1. The number of benzene rings is 1. The van der Waals surface area contributed by atoms with Gasteiger partial charge in [-0.05, 0) is 12.1 Å². The third-order valence-electron chi connectivity index (χ3n) is 1.63. The normalized spacial score (nSPS) is 12.2. The lowest BCUT2D eigenvalue weighted by atomic mass is 10.3. The molecule has 1 aromatic carbocycles. The highest BCUT2D eigenvalue weighted by Gasteiger charge is 1.90. The highest BCUT2D eigenvalue weighted by Crippen LogP contribution is 2.02. The van der Waals surface area contributed by atoms with Crippen LogP contribution in [-0.4, -0.2) is 9.97 Å². The van der Waals surface area contributed by atoms with E-state index in [1.807, 2.05) is 24.3 Å². The molecule has 0 saturated carbocycles. The summed E-state index contributed by atoms with van der Waals surface area (Å²) in [7, 11) is 0. The zero-order chi connectivity index (χ0) is 8.39. The number of aromatic amines is 1. The van der Waals surface area contributed by atoms with E-state index < -0.39 is 0 Å². The molecule has 0 spiro atoms. The lowest BCUT2D eigenvalue weighted by Gasteiger charge is -1.94. The van der Waals surface area contributed by atoms with Crippen molar-refractivity contribution in [3.63, 3.8) is 0 Å². The monoisotopic (exact) mass is 160 g/mol. The summed E-state index contributed by atoms with van der Waals surface area (Å²) in [4.78, 5) is 7.17. The lowest BCUT2D eigenvalue weighted by Crippen LogP contribution is -2.10. The van der Waals surface area contributed by atoms with Crippen molar-refractivity contribution < 1.29 is 0 Å². The molecule has 1 heterocycles. The maximum Gasteiger partial charge on any atom is 0.168 e. The second-order valence-corrected chi connectivity index (χ2v) is 2.41. The molecule has 0 bridgehead atoms. The van der Waals surface area contributed by atoms with E-state index in [1.54, 1.807) is 6.20 Å². The van der Waals surface area contributed by atoms with E-state index in [-0.39, 0.29) is 0 Å². The summed E-state index contributed by atoms with van der Waals surface area (Å²) in [5, 5.41) is 3.50. The second-order valence-electron chi connectivity index (χ2n) is 2.41. The molecule has 0 atom stereocenters. The van der Waals surface area contributed by atoms with E-state index >= 15 is 0 Å². The largest absolute Gasteiger partial charge is 0.336 e. The highest BCUT2D eigenvalue weighted by molar-refractivity contribution is 5.72. The molecule has 2 rings (SSSR count). The van der Waals surface area contributed by atoms with Gasteiger partial charge in [-0.2, -0.15) is 5.10 Å². The summed E-state index contributed by atoms with van der Waals surface area (Å²) in [5.41, 5.74) is 2.42. The minimum Gasteiger partial charge on any atom is -0.336 e. The molecule has 0 aliphatic rings. The van der Waals surface area contributed by atoms with Gasteiger partial charge in [0.15, 0.2) is 5.49 Å². The number of para-hydroxylation sites is 2. The van der Waals surface area contributed by atoms with E-state index in [0.717, 1.165) is 11.0 Å². The molecular weight excluding hydrogens is 152 g/mol. The molecule has 3 N–H and O–H groups in total. The van der Waals surface area contributed by atoms with Crippen molar-refractivity contribution in [2.75, 3.05) is 0 Å². The summed E-state index contributed by atoms with van der Waals surface area (Å²) >= 11 is 0. The van der Waals surface area contributed by atoms with Crippen LogP contribution >= 0.6 is 0 Å². The second kappa shape index (κ2) is 2.65. The molecule has 1 aromatic heterocycles. The first kappa shape index (κ1) is 6.84. The van der Waals surface area contributed by atoms with E-state index in [1.165, 1.54) is 0 Å². The first-order valence-electron chi connectivity index (χ1n) is 3.58. The number of fused-ring (bicyclic) bond motifs is 1. The van der Waals surface area contributed by atoms with Gasteiger partial charge in [0.2, 0.25) is 0 Å². The van der Waals surface area contributed by atoms with Crippen LogP contribution in [0.5, 0.6) is 0 Å². The topological polar surface area (TPSA) is 67.1 Å². The van der Waals surface area contributed by atoms with Crippen LogP contribution in [0.3, 0.4) is 0 Å². The number of rotatable bonds is 0. The zero-order valence-corrected chi connectivity index (χ0v) is 6.36. The molecule has 2 aromatic rings. The fraction of sp³-hybridized carbons (Fsp3) is 0. The van der Waals surface area contributed by atoms with Crippen molar-refractivity contribution in [1.82, 2.24) is 9.97 Å². The number of nitrogens with two attached hydrogens (primary N) is 1. The minimum atomic E-state index is 0.578. The standard InChI is InChI=1S/C8H8N4/c9-12-8-5-10-6-3-1-2-4-7(6)11-8/h1-5H,9H2,(H,11,12). The van der Waals surface area contributed by atoms with Crippen molar-refractivity contribution in [2.24, 2.45) is 10.9 Å². The SMILES string of the molecule is NN=c1cnc2ccccc2[nH]1. The Bertz CT molecular complexity index is 458. The quantitative estimate of drug-likeness (QED) is 0.431. The Morgan fingerprint density at radius 3 is 3.00 bits per heavy atom. The molecule has 4 nitrogen and oxygen atoms in total. The van der Waals surface area contributed by atoms with Gasteiger partial charge < -0.3 is 10.8 Å². The molecule has 0 aliphatic carbocycles. The summed E-state index contributed by atoms with van der Waals surface area (Å²) in [6.07, 6.45) is 1.60. The van der Waals surface area contributed by atoms with Crippen LogP contribution in [0.4, 0.5) is 0 Å². The van der Waals surface area contributed by atoms with Crippen LogP contribution < -0.4 is 11.3 Å². The molecule has 0 fully saturated rings. The maximum atomic E-state index is 5.09. The van der Waals surface area contributed by atoms with Gasteiger partial charge in [0.05, 0.1) is 17.2 Å². The van der Waals surface area contributed by atoms with Gasteiger partial charge in [-0.15, -0.1) is 0 Å². The van der Waals surface area contributed by atoms with Gasteiger partial charge >= 0.3 is 0 Å². The number of hydrogen-bond acceptors (Lipinski definition) is 3. The Hall–Kier alpha value is -1.84. The molecule has 4 heteroatoms. The Morgan fingerprint density at radius 2 is 2.17 bits per heavy atom. The van der Waals surface area contributed by atoms with Gasteiger partial charge in [-0.1, -0.05) is 12.1 Å². The van der Waals surface area contributed by atoms with Gasteiger partial charge in [0.1, 0.15) is 0 Å². The fourth-order valence-corrected chi connectivity index (χ4v) is 1.06. The Balaban J connectivity index is 2.85. The third-order valence-corrected chi connectivity index (χ3v) is 1.63. The smallest absolute Gasteiger partial charge is 0.168 e. The number of aromatic nitrogens is 2. The molecule has 0 radical (unpaired) electrons. The summed E-state index contributed by atoms with van der Waals surface area (Å²) < 4.78 is 0. The van der Waals surface area contributed by atoms with Crippen LogP contribution in [-0.2, 0) is 0 Å². The van der Waals surface area contributed by atoms with Crippen molar-refractivity contribution in [3.05, 3.63) is 36.0 Å². The van der Waals surface area contributed by atoms with Crippen LogP contribution in [0.25, 0.3) is 11.0 Å². The van der Waals surface area contributed by atoms with E-state index in [9.17, 15) is 0 Å². The first-order chi connectivity index (χ1) is 5.90. The van der Waals surface area contributed by atoms with Crippen LogP contribution in [0.1, 0.15) is 0 Å². The van der Waals surface area contributed by atoms with Crippen molar-refractivity contribution in [2.45, 2.75) is 0 Å². The predicted molar refractivity (Wildman–Crippen MR) is 45.8 cm³/mol. The van der Waals surface area contributed by atoms with E-state index in [2.05, 4.69) is 15.1 Å². The minimum absolute atomic E-state index is 0.578. The Labute approximate surface area is 68.8 Å². The summed E-state index contributed by atoms with van der Waals surface area (Å²) in [6, 6.07) is 7.71. The van der Waals surface area contributed by atoms with Crippen LogP contribution in [0, 0.1) is 0 Å². The fourth-order valence-electron chi connectivity index (χ4n) is 1.06. The maximum absolute atomic E-state index is 5.09. The number of nitrogens with zero attached hydrogens (tertiary/aromatic N) is 2. The van der Waals surface area contributed by atoms with Crippen LogP contribution in [0.2, 0.25) is 0 Å². The Morgan fingerprint density at radius 1 is 1.33 bits per heavy atom. The number of H-pyrrole nitrogens is 1. The van der Waals surface area contributed by atoms with Gasteiger partial charge in [0.25, 0.3) is 0 Å². The summed E-state index contributed by atoms with van der Waals surface area (Å²) in [6.45, 7) is 0. The number of hydrogen-bond donors (Lipinski definition) is 2. The van der Waals surface area contributed by atoms with Crippen molar-refractivity contribution >= 4 is 11.0 Å². The molecule has 0 aliphatic heterocycles. The molecule has 60 valence electrons. The van der Waals surface area contributed by atoms with Crippen molar-refractivity contribution in [1.29, 1.82) is 0 Å². The Kier molecular flexibility index (Phi) is 1.51. The number of nitrogens with one attached hydrogen (secondary N) is 1. The zero-order valence-electron chi connectivity index (χ0n) is 6.36. The van der Waals surface area contributed by atoms with Gasteiger partial charge in [0, 0.05) is 0 Å². The van der Waals surface area contributed by atoms with Crippen LogP contribution in [0.15, 0.2) is 35.6 Å². The van der Waals surface area contributed by atoms with Crippen molar-refractivity contribution in [3.8, 4) is 0 Å². The summed E-state index contributed by atoms with van der Waals surface area (Å²) in [5.74, 6) is 5.09. The molecule has 0 amide bonds.